The van der Waals surface area contributed by atoms with Gasteiger partial charge in [0.15, 0.2) is 0 Å². The Morgan fingerprint density at radius 2 is 0.758 bits per heavy atom. The number of para-hydroxylation sites is 3. The Hall–Kier alpha value is -8.20. The molecule has 0 saturated carbocycles. The second-order valence-electron chi connectivity index (χ2n) is 15.7. The molecule has 0 spiro atoms. The summed E-state index contributed by atoms with van der Waals surface area (Å²) in [5.74, 6) is 0. The summed E-state index contributed by atoms with van der Waals surface area (Å²) < 4.78 is 2.39. The first-order chi connectivity index (χ1) is 30.8. The lowest BCUT2D eigenvalue weighted by atomic mass is 9.91. The van der Waals surface area contributed by atoms with E-state index in [1.807, 2.05) is 0 Å². The average molecular weight is 791 g/mol. The minimum Gasteiger partial charge on any atom is -0.310 e. The first-order valence-corrected chi connectivity index (χ1v) is 21.3. The fourth-order valence-electron chi connectivity index (χ4n) is 9.13. The van der Waals surface area contributed by atoms with E-state index in [1.165, 1.54) is 71.9 Å². The molecule has 0 radical (unpaired) electrons. The van der Waals surface area contributed by atoms with Gasteiger partial charge in [-0.2, -0.15) is 0 Å². The highest BCUT2D eigenvalue weighted by molar-refractivity contribution is 6.16. The standard InChI is InChI=1S/C60H42N2/c1-4-18-43(19-5-1)44-34-36-45(37-35-44)46-38-40-50(41-39-46)61(57-31-14-12-27-53(57)47-20-6-2-7-21-47)51-25-16-22-48(42-51)52-26-10-11-28-54(52)55-30-17-33-59-60(55)56-29-13-15-32-58(56)62(59)49-23-8-3-9-24-49/h1-42H. The Labute approximate surface area is 362 Å². The summed E-state index contributed by atoms with van der Waals surface area (Å²) in [6.07, 6.45) is 0. The van der Waals surface area contributed by atoms with Crippen LogP contribution >= 0.6 is 0 Å². The van der Waals surface area contributed by atoms with Crippen LogP contribution in [0.4, 0.5) is 17.1 Å². The molecule has 292 valence electrons. The number of nitrogens with zero attached hydrogens (tertiary/aromatic N) is 2. The lowest BCUT2D eigenvalue weighted by Gasteiger charge is -2.28. The van der Waals surface area contributed by atoms with E-state index in [1.54, 1.807) is 0 Å². The Morgan fingerprint density at radius 3 is 1.47 bits per heavy atom. The van der Waals surface area contributed by atoms with Gasteiger partial charge in [-0.25, -0.2) is 0 Å². The number of hydrogen-bond donors (Lipinski definition) is 0. The molecule has 0 unspecified atom stereocenters. The molecule has 2 nitrogen and oxygen atoms in total. The molecule has 0 aliphatic rings. The molecule has 62 heavy (non-hydrogen) atoms. The topological polar surface area (TPSA) is 8.17 Å². The third-order valence-electron chi connectivity index (χ3n) is 12.0. The van der Waals surface area contributed by atoms with Crippen molar-refractivity contribution in [3.8, 4) is 61.3 Å². The summed E-state index contributed by atoms with van der Waals surface area (Å²) in [5.41, 5.74) is 18.7. The van der Waals surface area contributed by atoms with Crippen LogP contribution in [0.15, 0.2) is 255 Å². The van der Waals surface area contributed by atoms with Crippen LogP contribution in [0, 0.1) is 0 Å². The first-order valence-electron chi connectivity index (χ1n) is 21.3. The molecular weight excluding hydrogens is 749 g/mol. The zero-order chi connectivity index (χ0) is 41.2. The minimum atomic E-state index is 1.08. The van der Waals surface area contributed by atoms with Crippen LogP contribution in [0.1, 0.15) is 0 Å². The van der Waals surface area contributed by atoms with Crippen molar-refractivity contribution in [1.29, 1.82) is 0 Å². The monoisotopic (exact) mass is 790 g/mol. The summed E-state index contributed by atoms with van der Waals surface area (Å²) in [4.78, 5) is 2.41. The summed E-state index contributed by atoms with van der Waals surface area (Å²) in [5, 5.41) is 2.49. The second kappa shape index (κ2) is 16.1. The SMILES string of the molecule is c1ccc(-c2ccc(-c3ccc(N(c4cccc(-c5ccccc5-c5cccc6c5c5ccccc5n6-c5ccccc5)c4)c4ccccc4-c4ccccc4)cc3)cc2)cc1. The zero-order valence-electron chi connectivity index (χ0n) is 34.1. The predicted molar refractivity (Wildman–Crippen MR) is 263 cm³/mol. The van der Waals surface area contributed by atoms with E-state index in [2.05, 4.69) is 264 Å². The van der Waals surface area contributed by atoms with E-state index in [0.29, 0.717) is 0 Å². The number of fused-ring (bicyclic) bond motifs is 3. The van der Waals surface area contributed by atoms with Crippen LogP contribution in [-0.2, 0) is 0 Å². The highest BCUT2D eigenvalue weighted by Gasteiger charge is 2.21. The quantitative estimate of drug-likeness (QED) is 0.141. The number of aromatic nitrogens is 1. The Balaban J connectivity index is 1.04. The molecule has 0 atom stereocenters. The van der Waals surface area contributed by atoms with Gasteiger partial charge in [0.25, 0.3) is 0 Å². The lowest BCUT2D eigenvalue weighted by Crippen LogP contribution is -2.11. The third kappa shape index (κ3) is 6.74. The maximum absolute atomic E-state index is 2.41. The fraction of sp³-hybridized carbons (Fsp3) is 0. The Kier molecular flexibility index (Phi) is 9.57. The van der Waals surface area contributed by atoms with Crippen LogP contribution < -0.4 is 4.90 Å². The molecule has 0 aliphatic carbocycles. The lowest BCUT2D eigenvalue weighted by molar-refractivity contribution is 1.18. The van der Waals surface area contributed by atoms with Gasteiger partial charge >= 0.3 is 0 Å². The Bertz CT molecular complexity index is 3310. The number of hydrogen-bond acceptors (Lipinski definition) is 1. The predicted octanol–water partition coefficient (Wildman–Crippen LogP) is 16.6. The molecule has 0 aliphatic heterocycles. The molecule has 0 amide bonds. The van der Waals surface area contributed by atoms with Gasteiger partial charge in [-0.15, -0.1) is 0 Å². The maximum atomic E-state index is 2.41. The van der Waals surface area contributed by atoms with Gasteiger partial charge in [-0.1, -0.05) is 200 Å². The van der Waals surface area contributed by atoms with Gasteiger partial charge in [0.05, 0.1) is 16.7 Å². The van der Waals surface area contributed by atoms with E-state index < -0.39 is 0 Å². The van der Waals surface area contributed by atoms with E-state index in [0.717, 1.165) is 28.3 Å². The molecule has 0 bridgehead atoms. The number of anilines is 3. The van der Waals surface area contributed by atoms with Crippen LogP contribution in [0.2, 0.25) is 0 Å². The van der Waals surface area contributed by atoms with Gasteiger partial charge in [-0.05, 0) is 105 Å². The molecule has 0 saturated heterocycles. The van der Waals surface area contributed by atoms with Gasteiger partial charge < -0.3 is 9.47 Å². The van der Waals surface area contributed by atoms with Crippen molar-refractivity contribution in [3.05, 3.63) is 255 Å². The minimum absolute atomic E-state index is 1.08. The van der Waals surface area contributed by atoms with Crippen molar-refractivity contribution in [1.82, 2.24) is 4.57 Å². The fourth-order valence-corrected chi connectivity index (χ4v) is 9.13. The number of benzene rings is 10. The summed E-state index contributed by atoms with van der Waals surface area (Å²) in [6.45, 7) is 0. The van der Waals surface area contributed by atoms with Crippen molar-refractivity contribution >= 4 is 38.9 Å². The van der Waals surface area contributed by atoms with Crippen molar-refractivity contribution < 1.29 is 0 Å². The smallest absolute Gasteiger partial charge is 0.0547 e. The molecule has 1 aromatic heterocycles. The van der Waals surface area contributed by atoms with E-state index in [9.17, 15) is 0 Å². The van der Waals surface area contributed by atoms with Gasteiger partial charge in [-0.3, -0.25) is 0 Å². The van der Waals surface area contributed by atoms with Gasteiger partial charge in [0, 0.05) is 33.4 Å². The number of rotatable bonds is 9. The zero-order valence-corrected chi connectivity index (χ0v) is 34.1. The maximum Gasteiger partial charge on any atom is 0.0547 e. The highest BCUT2D eigenvalue weighted by Crippen LogP contribution is 2.45. The van der Waals surface area contributed by atoms with E-state index >= 15 is 0 Å². The van der Waals surface area contributed by atoms with Crippen molar-refractivity contribution in [2.45, 2.75) is 0 Å². The van der Waals surface area contributed by atoms with Gasteiger partial charge in [0.2, 0.25) is 0 Å². The summed E-state index contributed by atoms with van der Waals surface area (Å²) >= 11 is 0. The van der Waals surface area contributed by atoms with E-state index in [4.69, 9.17) is 0 Å². The second-order valence-corrected chi connectivity index (χ2v) is 15.7. The van der Waals surface area contributed by atoms with Crippen molar-refractivity contribution in [3.63, 3.8) is 0 Å². The summed E-state index contributed by atoms with van der Waals surface area (Å²) in [7, 11) is 0. The average Bonchev–Trinajstić information content (AvgIpc) is 3.70. The molecule has 1 heterocycles. The first kappa shape index (κ1) is 36.8. The van der Waals surface area contributed by atoms with Crippen molar-refractivity contribution in [2.75, 3.05) is 4.90 Å². The molecule has 0 N–H and O–H groups in total. The van der Waals surface area contributed by atoms with Crippen LogP contribution in [0.5, 0.6) is 0 Å². The molecule has 10 aromatic carbocycles. The molecule has 2 heteroatoms. The summed E-state index contributed by atoms with van der Waals surface area (Å²) in [6, 6.07) is 92.0. The molecular formula is C60H42N2. The van der Waals surface area contributed by atoms with E-state index in [-0.39, 0.29) is 0 Å². The molecule has 11 aromatic rings. The molecule has 0 fully saturated rings. The van der Waals surface area contributed by atoms with Gasteiger partial charge in [0.1, 0.15) is 0 Å². The van der Waals surface area contributed by atoms with Crippen LogP contribution in [-0.4, -0.2) is 4.57 Å². The highest BCUT2D eigenvalue weighted by atomic mass is 15.1. The van der Waals surface area contributed by atoms with Crippen molar-refractivity contribution in [2.24, 2.45) is 0 Å². The third-order valence-corrected chi connectivity index (χ3v) is 12.0. The van der Waals surface area contributed by atoms with Crippen LogP contribution in [0.3, 0.4) is 0 Å². The molecule has 11 rings (SSSR count). The normalized spacial score (nSPS) is 11.2. The largest absolute Gasteiger partial charge is 0.310 e. The Morgan fingerprint density at radius 1 is 0.274 bits per heavy atom. The van der Waals surface area contributed by atoms with Crippen LogP contribution in [0.25, 0.3) is 83.1 Å².